The Balaban J connectivity index is 2.16. The van der Waals surface area contributed by atoms with Crippen molar-refractivity contribution >= 4 is 10.0 Å². The van der Waals surface area contributed by atoms with E-state index in [1.165, 1.54) is 12.1 Å². The molecule has 6 heteroatoms. The van der Waals surface area contributed by atoms with Gasteiger partial charge >= 0.3 is 0 Å². The quantitative estimate of drug-likeness (QED) is 0.725. The van der Waals surface area contributed by atoms with E-state index < -0.39 is 28.3 Å². The second-order valence-corrected chi connectivity index (χ2v) is 7.10. The second kappa shape index (κ2) is 6.22. The van der Waals surface area contributed by atoms with Gasteiger partial charge in [0.2, 0.25) is 10.0 Å². The summed E-state index contributed by atoms with van der Waals surface area (Å²) in [7, 11) is -3.67. The van der Waals surface area contributed by atoms with E-state index in [-0.39, 0.29) is 4.90 Å². The third kappa shape index (κ3) is 3.58. The van der Waals surface area contributed by atoms with Crippen LogP contribution in [0.2, 0.25) is 0 Å². The van der Waals surface area contributed by atoms with Crippen molar-refractivity contribution in [2.45, 2.75) is 55.8 Å². The van der Waals surface area contributed by atoms with Gasteiger partial charge in [-0.3, -0.25) is 0 Å². The Morgan fingerprint density at radius 2 is 1.70 bits per heavy atom. The lowest BCUT2D eigenvalue weighted by Gasteiger charge is -2.24. The average Bonchev–Trinajstić information content (AvgIpc) is 2.55. The van der Waals surface area contributed by atoms with Gasteiger partial charge in [0.25, 0.3) is 0 Å². The Bertz CT molecular complexity index is 541. The Morgan fingerprint density at radius 1 is 1.10 bits per heavy atom. The maximum Gasteiger partial charge on any atom is 0.240 e. The maximum absolute atomic E-state index is 12.3. The smallest absolute Gasteiger partial charge is 0.240 e. The highest BCUT2D eigenvalue weighted by molar-refractivity contribution is 7.89. The van der Waals surface area contributed by atoms with Crippen molar-refractivity contribution in [2.75, 3.05) is 0 Å². The number of rotatable bonds is 3. The summed E-state index contributed by atoms with van der Waals surface area (Å²) in [5.41, 5.74) is 0.980. The molecule has 1 aliphatic carbocycles. The van der Waals surface area contributed by atoms with Crippen molar-refractivity contribution in [1.82, 2.24) is 4.72 Å². The van der Waals surface area contributed by atoms with E-state index in [4.69, 9.17) is 0 Å². The van der Waals surface area contributed by atoms with Gasteiger partial charge in [0, 0.05) is 0 Å². The molecule has 0 amide bonds. The summed E-state index contributed by atoms with van der Waals surface area (Å²) in [6, 6.07) is 5.90. The van der Waals surface area contributed by atoms with Crippen LogP contribution >= 0.6 is 0 Å². The molecule has 5 nitrogen and oxygen atoms in total. The van der Waals surface area contributed by atoms with Crippen molar-refractivity contribution in [1.29, 1.82) is 0 Å². The summed E-state index contributed by atoms with van der Waals surface area (Å²) >= 11 is 0. The van der Waals surface area contributed by atoms with E-state index in [0.29, 0.717) is 12.8 Å². The van der Waals surface area contributed by atoms with Crippen LogP contribution in [0.3, 0.4) is 0 Å². The van der Waals surface area contributed by atoms with E-state index >= 15 is 0 Å². The van der Waals surface area contributed by atoms with E-state index in [9.17, 15) is 18.6 Å². The SMILES string of the molecule is Cc1ccc(S(=O)(=O)N[C@@H]2CCCC[C@@H](O)[C@@H]2O)cc1. The molecule has 1 fully saturated rings. The van der Waals surface area contributed by atoms with Crippen molar-refractivity contribution in [2.24, 2.45) is 0 Å². The molecule has 0 saturated heterocycles. The maximum atomic E-state index is 12.3. The average molecular weight is 299 g/mol. The zero-order valence-electron chi connectivity index (χ0n) is 11.5. The molecule has 1 aliphatic rings. The molecule has 0 aromatic heterocycles. The van der Waals surface area contributed by atoms with Gasteiger partial charge in [0.05, 0.1) is 23.1 Å². The lowest BCUT2D eigenvalue weighted by Crippen LogP contribution is -2.47. The van der Waals surface area contributed by atoms with Crippen LogP contribution in [0.25, 0.3) is 0 Å². The number of hydrogen-bond donors (Lipinski definition) is 3. The summed E-state index contributed by atoms with van der Waals surface area (Å²) in [5, 5.41) is 19.7. The predicted octanol–water partition coefficient (Wildman–Crippen LogP) is 0.938. The molecule has 3 N–H and O–H groups in total. The highest BCUT2D eigenvalue weighted by atomic mass is 32.2. The number of aliphatic hydroxyl groups is 2. The highest BCUT2D eigenvalue weighted by Crippen LogP contribution is 2.21. The van der Waals surface area contributed by atoms with Crippen LogP contribution in [0, 0.1) is 6.92 Å². The van der Waals surface area contributed by atoms with Gasteiger partial charge in [0.1, 0.15) is 0 Å². The lowest BCUT2D eigenvalue weighted by atomic mass is 10.1. The number of benzene rings is 1. The fraction of sp³-hybridized carbons (Fsp3) is 0.571. The minimum absolute atomic E-state index is 0.175. The van der Waals surface area contributed by atoms with Crippen LogP contribution in [0.4, 0.5) is 0 Å². The Morgan fingerprint density at radius 3 is 2.35 bits per heavy atom. The topological polar surface area (TPSA) is 86.6 Å². The van der Waals surface area contributed by atoms with Gasteiger partial charge < -0.3 is 10.2 Å². The summed E-state index contributed by atoms with van der Waals surface area (Å²) in [6.45, 7) is 1.88. The summed E-state index contributed by atoms with van der Waals surface area (Å²) in [5.74, 6) is 0. The van der Waals surface area contributed by atoms with Crippen LogP contribution in [-0.4, -0.2) is 36.9 Å². The molecule has 20 heavy (non-hydrogen) atoms. The molecule has 1 aromatic carbocycles. The zero-order chi connectivity index (χ0) is 14.8. The minimum atomic E-state index is -3.67. The fourth-order valence-electron chi connectivity index (χ4n) is 2.44. The predicted molar refractivity (Wildman–Crippen MR) is 75.8 cm³/mol. The van der Waals surface area contributed by atoms with Crippen LogP contribution in [-0.2, 0) is 10.0 Å². The first-order valence-corrected chi connectivity index (χ1v) is 8.33. The van der Waals surface area contributed by atoms with E-state index in [1.807, 2.05) is 6.92 Å². The monoisotopic (exact) mass is 299 g/mol. The van der Waals surface area contributed by atoms with Crippen molar-refractivity contribution in [3.63, 3.8) is 0 Å². The normalized spacial score (nSPS) is 28.1. The number of aliphatic hydroxyl groups excluding tert-OH is 2. The van der Waals surface area contributed by atoms with Crippen LogP contribution in [0.1, 0.15) is 31.2 Å². The first kappa shape index (κ1) is 15.4. The highest BCUT2D eigenvalue weighted by Gasteiger charge is 2.32. The third-order valence-corrected chi connectivity index (χ3v) is 5.22. The Labute approximate surface area is 119 Å². The van der Waals surface area contributed by atoms with Gasteiger partial charge in [-0.05, 0) is 31.9 Å². The largest absolute Gasteiger partial charge is 0.390 e. The molecule has 1 saturated carbocycles. The van der Waals surface area contributed by atoms with Crippen molar-refractivity contribution in [3.8, 4) is 0 Å². The summed E-state index contributed by atoms with van der Waals surface area (Å²) in [4.78, 5) is 0.175. The number of nitrogens with one attached hydrogen (secondary N) is 1. The van der Waals surface area contributed by atoms with Crippen molar-refractivity contribution < 1.29 is 18.6 Å². The first-order chi connectivity index (χ1) is 9.40. The third-order valence-electron chi connectivity index (χ3n) is 3.71. The molecule has 0 spiro atoms. The lowest BCUT2D eigenvalue weighted by molar-refractivity contribution is 0.00256. The van der Waals surface area contributed by atoms with Crippen LogP contribution < -0.4 is 4.72 Å². The van der Waals surface area contributed by atoms with Gasteiger partial charge in [-0.25, -0.2) is 13.1 Å². The van der Waals surface area contributed by atoms with E-state index in [0.717, 1.165) is 18.4 Å². The molecule has 0 heterocycles. The van der Waals surface area contributed by atoms with Crippen LogP contribution in [0.15, 0.2) is 29.2 Å². The molecule has 112 valence electrons. The molecule has 0 bridgehead atoms. The molecule has 3 atom stereocenters. The Hall–Kier alpha value is -0.950. The fourth-order valence-corrected chi connectivity index (χ4v) is 3.73. The van der Waals surface area contributed by atoms with Crippen molar-refractivity contribution in [3.05, 3.63) is 29.8 Å². The molecule has 0 unspecified atom stereocenters. The molecule has 0 radical (unpaired) electrons. The molecule has 1 aromatic rings. The number of aryl methyl sites for hydroxylation is 1. The summed E-state index contributed by atoms with van der Waals surface area (Å²) in [6.07, 6.45) is 0.685. The zero-order valence-corrected chi connectivity index (χ0v) is 12.3. The van der Waals surface area contributed by atoms with Crippen LogP contribution in [0.5, 0.6) is 0 Å². The number of sulfonamides is 1. The standard InChI is InChI=1S/C14H21NO4S/c1-10-6-8-11(9-7-10)20(18,19)15-12-4-2-3-5-13(16)14(12)17/h6-9,12-17H,2-5H2,1H3/t12-,13-,14-/m1/s1. The van der Waals surface area contributed by atoms with E-state index in [2.05, 4.69) is 4.72 Å². The molecule has 0 aliphatic heterocycles. The second-order valence-electron chi connectivity index (χ2n) is 5.38. The molecule has 2 rings (SSSR count). The number of hydrogen-bond acceptors (Lipinski definition) is 4. The summed E-state index contributed by atoms with van der Waals surface area (Å²) < 4.78 is 27.1. The molecular formula is C14H21NO4S. The van der Waals surface area contributed by atoms with E-state index in [1.54, 1.807) is 12.1 Å². The Kier molecular flexibility index (Phi) is 4.80. The van der Waals surface area contributed by atoms with Gasteiger partial charge in [-0.2, -0.15) is 0 Å². The minimum Gasteiger partial charge on any atom is -0.390 e. The van der Waals surface area contributed by atoms with Gasteiger partial charge in [-0.1, -0.05) is 30.5 Å². The first-order valence-electron chi connectivity index (χ1n) is 6.85. The van der Waals surface area contributed by atoms with Gasteiger partial charge in [0.15, 0.2) is 0 Å². The molecular weight excluding hydrogens is 278 g/mol. The van der Waals surface area contributed by atoms with Gasteiger partial charge in [-0.15, -0.1) is 0 Å².